The average molecular weight is 207 g/mol. The molecule has 5 nitrogen and oxygen atoms in total. The fraction of sp³-hybridized carbons (Fsp3) is 0.857. The fourth-order valence-electron chi connectivity index (χ4n) is 0.607. The molecule has 0 radical (unpaired) electrons. The van der Waals surface area contributed by atoms with Crippen LogP contribution in [0.25, 0.3) is 0 Å². The number of carbonyl (C=O) groups excluding carboxylic acids is 1. The second kappa shape index (κ2) is 6.20. The van der Waals surface area contributed by atoms with Gasteiger partial charge >= 0.3 is 5.97 Å². The number of nitrogens with two attached hydrogens (primary N) is 2. The summed E-state index contributed by atoms with van der Waals surface area (Å²) in [6.07, 6.45) is 0.338. The number of rotatable bonds is 6. The van der Waals surface area contributed by atoms with E-state index >= 15 is 0 Å². The van der Waals surface area contributed by atoms with Gasteiger partial charge in [-0.25, -0.2) is 5.84 Å². The van der Waals surface area contributed by atoms with Gasteiger partial charge in [0, 0.05) is 17.0 Å². The second-order valence-corrected chi connectivity index (χ2v) is 4.49. The smallest absolute Gasteiger partial charge is 0.327 e. The molecule has 0 saturated carbocycles. The van der Waals surface area contributed by atoms with Crippen molar-refractivity contribution in [3.8, 4) is 0 Å². The molecule has 0 heterocycles. The van der Waals surface area contributed by atoms with Gasteiger partial charge < -0.3 is 10.6 Å². The molecule has 0 rings (SSSR count). The molecule has 0 spiro atoms. The van der Waals surface area contributed by atoms with Gasteiger partial charge in [-0.3, -0.25) is 4.79 Å². The van der Waals surface area contributed by atoms with Crippen molar-refractivity contribution in [2.24, 2.45) is 11.6 Å². The molecular weight excluding hydrogens is 190 g/mol. The molecular formula is C7H17N3O2S. The van der Waals surface area contributed by atoms with E-state index in [4.69, 9.17) is 11.6 Å². The van der Waals surface area contributed by atoms with Crippen molar-refractivity contribution in [3.63, 3.8) is 0 Å². The zero-order valence-corrected chi connectivity index (χ0v) is 8.82. The van der Waals surface area contributed by atoms with Crippen molar-refractivity contribution in [2.45, 2.75) is 25.8 Å². The molecule has 0 aliphatic carbocycles. The molecule has 0 amide bonds. The van der Waals surface area contributed by atoms with E-state index < -0.39 is 0 Å². The number of carbonyl (C=O) groups is 1. The summed E-state index contributed by atoms with van der Waals surface area (Å²) in [6.45, 7) is 3.89. The Labute approximate surface area is 82.5 Å². The van der Waals surface area contributed by atoms with Gasteiger partial charge in [0.2, 0.25) is 0 Å². The van der Waals surface area contributed by atoms with Crippen LogP contribution >= 0.6 is 11.8 Å². The lowest BCUT2D eigenvalue weighted by atomic mass is 10.1. The van der Waals surface area contributed by atoms with Gasteiger partial charge in [-0.05, 0) is 13.8 Å². The first-order valence-electron chi connectivity index (χ1n) is 3.97. The zero-order valence-electron chi connectivity index (χ0n) is 8.00. The lowest BCUT2D eigenvalue weighted by Crippen LogP contribution is -2.35. The maximum absolute atomic E-state index is 10.8. The Morgan fingerprint density at radius 2 is 2.23 bits per heavy atom. The lowest BCUT2D eigenvalue weighted by molar-refractivity contribution is -0.150. The van der Waals surface area contributed by atoms with Crippen LogP contribution in [0, 0.1) is 0 Å². The first-order valence-corrected chi connectivity index (χ1v) is 5.13. The summed E-state index contributed by atoms with van der Waals surface area (Å²) in [5, 5.41) is 0. The molecule has 0 saturated heterocycles. The van der Waals surface area contributed by atoms with Crippen LogP contribution in [-0.2, 0) is 9.63 Å². The van der Waals surface area contributed by atoms with E-state index in [1.807, 2.05) is 19.4 Å². The first-order chi connectivity index (χ1) is 5.95. The van der Waals surface area contributed by atoms with Crippen molar-refractivity contribution in [2.75, 3.05) is 11.5 Å². The van der Waals surface area contributed by atoms with Crippen molar-refractivity contribution in [3.05, 3.63) is 0 Å². The Hall–Kier alpha value is -0.300. The van der Waals surface area contributed by atoms with Crippen LogP contribution < -0.4 is 17.2 Å². The number of hydrogen-bond donors (Lipinski definition) is 3. The summed E-state index contributed by atoms with van der Waals surface area (Å²) >= 11 is 1.62. The van der Waals surface area contributed by atoms with Crippen LogP contribution in [0.5, 0.6) is 0 Å². The minimum Gasteiger partial charge on any atom is -0.356 e. The van der Waals surface area contributed by atoms with Gasteiger partial charge in [-0.15, -0.1) is 0 Å². The molecule has 0 aromatic rings. The van der Waals surface area contributed by atoms with Gasteiger partial charge in [-0.1, -0.05) is 5.59 Å². The van der Waals surface area contributed by atoms with Crippen molar-refractivity contribution in [1.29, 1.82) is 0 Å². The van der Waals surface area contributed by atoms with Crippen molar-refractivity contribution >= 4 is 17.7 Å². The third kappa shape index (κ3) is 9.62. The van der Waals surface area contributed by atoms with Gasteiger partial charge in [0.05, 0.1) is 6.42 Å². The molecule has 78 valence electrons. The largest absolute Gasteiger partial charge is 0.356 e. The standard InChI is InChI=1S/C7H17N3O2S/c1-7(2,8)5-13-4-3-6(11)12-10-9/h10H,3-5,8-9H2,1-2H3. The maximum Gasteiger partial charge on any atom is 0.327 e. The van der Waals surface area contributed by atoms with Crippen LogP contribution in [0.15, 0.2) is 0 Å². The van der Waals surface area contributed by atoms with Crippen LogP contribution in [0.2, 0.25) is 0 Å². The van der Waals surface area contributed by atoms with Crippen LogP contribution in [-0.4, -0.2) is 23.0 Å². The molecule has 0 aromatic carbocycles. The van der Waals surface area contributed by atoms with Gasteiger partial charge in [-0.2, -0.15) is 11.8 Å². The minimum absolute atomic E-state index is 0.194. The SMILES string of the molecule is CC(C)(N)CSCCC(=O)ONN. The van der Waals surface area contributed by atoms with E-state index in [1.54, 1.807) is 11.8 Å². The van der Waals surface area contributed by atoms with Gasteiger partial charge in [0.25, 0.3) is 0 Å². The molecule has 0 atom stereocenters. The van der Waals surface area contributed by atoms with E-state index in [0.29, 0.717) is 12.2 Å². The highest BCUT2D eigenvalue weighted by molar-refractivity contribution is 7.99. The topological polar surface area (TPSA) is 90.4 Å². The molecule has 0 aliphatic heterocycles. The number of nitrogens with one attached hydrogen (secondary N) is 1. The zero-order chi connectivity index (χ0) is 10.3. The molecule has 5 N–H and O–H groups in total. The van der Waals surface area contributed by atoms with Crippen molar-refractivity contribution in [1.82, 2.24) is 5.59 Å². The predicted molar refractivity (Wildman–Crippen MR) is 53.6 cm³/mol. The number of thioether (sulfide) groups is 1. The Bertz CT molecular complexity index is 158. The van der Waals surface area contributed by atoms with Crippen molar-refractivity contribution < 1.29 is 9.63 Å². The van der Waals surface area contributed by atoms with Crippen LogP contribution in [0.3, 0.4) is 0 Å². The Morgan fingerprint density at radius 1 is 1.62 bits per heavy atom. The molecule has 6 heteroatoms. The Morgan fingerprint density at radius 3 is 2.69 bits per heavy atom. The first kappa shape index (κ1) is 12.7. The van der Waals surface area contributed by atoms with E-state index in [2.05, 4.69) is 4.84 Å². The molecule has 0 aromatic heterocycles. The Balaban J connectivity index is 3.31. The summed E-state index contributed by atoms with van der Waals surface area (Å²) in [5.41, 5.74) is 7.39. The fourth-order valence-corrected chi connectivity index (χ4v) is 1.59. The van der Waals surface area contributed by atoms with Crippen LogP contribution in [0.4, 0.5) is 0 Å². The second-order valence-electron chi connectivity index (χ2n) is 3.38. The predicted octanol–water partition coefficient (Wildman–Crippen LogP) is -0.231. The summed E-state index contributed by atoms with van der Waals surface area (Å²) in [5.74, 6) is 5.94. The normalized spacial score (nSPS) is 11.4. The van der Waals surface area contributed by atoms with E-state index in [9.17, 15) is 4.79 Å². The van der Waals surface area contributed by atoms with Gasteiger partial charge in [0.15, 0.2) is 0 Å². The monoisotopic (exact) mass is 207 g/mol. The van der Waals surface area contributed by atoms with E-state index in [1.165, 1.54) is 0 Å². The number of hydrogen-bond acceptors (Lipinski definition) is 6. The summed E-state index contributed by atoms with van der Waals surface area (Å²) in [4.78, 5) is 15.1. The third-order valence-electron chi connectivity index (χ3n) is 1.10. The molecule has 13 heavy (non-hydrogen) atoms. The number of hydrazine groups is 1. The summed E-state index contributed by atoms with van der Waals surface area (Å²) < 4.78 is 0. The Kier molecular flexibility index (Phi) is 6.06. The molecule has 0 aliphatic rings. The highest BCUT2D eigenvalue weighted by Gasteiger charge is 2.10. The lowest BCUT2D eigenvalue weighted by Gasteiger charge is -2.16. The summed E-state index contributed by atoms with van der Waals surface area (Å²) in [6, 6.07) is 0. The summed E-state index contributed by atoms with van der Waals surface area (Å²) in [7, 11) is 0. The quantitative estimate of drug-likeness (QED) is 0.316. The molecule has 0 unspecified atom stereocenters. The van der Waals surface area contributed by atoms with Gasteiger partial charge in [0.1, 0.15) is 0 Å². The van der Waals surface area contributed by atoms with Crippen LogP contribution in [0.1, 0.15) is 20.3 Å². The van der Waals surface area contributed by atoms with E-state index in [-0.39, 0.29) is 11.5 Å². The maximum atomic E-state index is 10.8. The minimum atomic E-state index is -0.357. The highest BCUT2D eigenvalue weighted by atomic mass is 32.2. The molecule has 0 bridgehead atoms. The average Bonchev–Trinajstić information content (AvgIpc) is 1.97. The molecule has 0 fully saturated rings. The highest BCUT2D eigenvalue weighted by Crippen LogP contribution is 2.10. The third-order valence-corrected chi connectivity index (χ3v) is 2.54. The van der Waals surface area contributed by atoms with E-state index in [0.717, 1.165) is 5.75 Å².